The molecule has 2 nitrogen and oxygen atoms in total. The number of rotatable bonds is 5. The van der Waals surface area contributed by atoms with E-state index in [1.807, 2.05) is 12.1 Å². The second-order valence-corrected chi connectivity index (χ2v) is 6.38. The molecule has 0 radical (unpaired) electrons. The minimum Gasteiger partial charge on any atom is -0.352 e. The average Bonchev–Trinajstić information content (AvgIpc) is 2.91. The Hall–Kier alpha value is -0.540. The number of carbonyl (C=O) groups is 1. The molecule has 0 spiro atoms. The molecule has 0 unspecified atom stereocenters. The number of hydrogen-bond acceptors (Lipinski definition) is 1. The molecule has 4 heteroatoms. The first-order chi connectivity index (χ1) is 9.18. The summed E-state index contributed by atoms with van der Waals surface area (Å²) in [5.74, 6) is 0.795. The summed E-state index contributed by atoms with van der Waals surface area (Å²) >= 11 is 9.43. The third kappa shape index (κ3) is 4.22. The molecule has 0 aromatic heterocycles. The molecule has 0 aliphatic heterocycles. The van der Waals surface area contributed by atoms with E-state index in [1.165, 1.54) is 32.1 Å². The molecule has 104 valence electrons. The maximum absolute atomic E-state index is 12.0. The van der Waals surface area contributed by atoms with Gasteiger partial charge in [-0.3, -0.25) is 4.79 Å². The molecule has 1 aliphatic rings. The van der Waals surface area contributed by atoms with Gasteiger partial charge in [-0.25, -0.2) is 0 Å². The quantitative estimate of drug-likeness (QED) is 0.764. The minimum absolute atomic E-state index is 0.0854. The number of carbonyl (C=O) groups excluding carboxylic acids is 1. The van der Waals surface area contributed by atoms with Crippen LogP contribution < -0.4 is 5.32 Å². The molecule has 2 rings (SSSR count). The van der Waals surface area contributed by atoms with Gasteiger partial charge in [0.1, 0.15) is 0 Å². The highest BCUT2D eigenvalue weighted by Crippen LogP contribution is 2.28. The van der Waals surface area contributed by atoms with Crippen LogP contribution in [0, 0.1) is 5.92 Å². The third-order valence-corrected chi connectivity index (χ3v) is 5.04. The van der Waals surface area contributed by atoms with Crippen LogP contribution in [0.2, 0.25) is 5.02 Å². The van der Waals surface area contributed by atoms with E-state index < -0.39 is 0 Å². The Morgan fingerprint density at radius 1 is 1.37 bits per heavy atom. The SMILES string of the molecule is O=C(NCCCC1CCCC1)c1cccc(Br)c1Cl. The summed E-state index contributed by atoms with van der Waals surface area (Å²) in [4.78, 5) is 12.0. The number of benzene rings is 1. The Kier molecular flexibility index (Phi) is 5.71. The van der Waals surface area contributed by atoms with Gasteiger partial charge in [-0.2, -0.15) is 0 Å². The number of halogens is 2. The van der Waals surface area contributed by atoms with Crippen molar-refractivity contribution in [2.24, 2.45) is 5.92 Å². The normalized spacial score (nSPS) is 15.7. The van der Waals surface area contributed by atoms with Crippen molar-refractivity contribution >= 4 is 33.4 Å². The van der Waals surface area contributed by atoms with Gasteiger partial charge >= 0.3 is 0 Å². The Labute approximate surface area is 128 Å². The van der Waals surface area contributed by atoms with Crippen molar-refractivity contribution in [2.45, 2.75) is 38.5 Å². The van der Waals surface area contributed by atoms with Crippen LogP contribution in [0.4, 0.5) is 0 Å². The predicted octanol–water partition coefficient (Wildman–Crippen LogP) is 4.80. The standard InChI is InChI=1S/C15H19BrClNO/c16-13-9-3-8-12(14(13)17)15(19)18-10-4-7-11-5-1-2-6-11/h3,8-9,11H,1-2,4-7,10H2,(H,18,19). The molecule has 1 saturated carbocycles. The molecular weight excluding hydrogens is 326 g/mol. The summed E-state index contributed by atoms with van der Waals surface area (Å²) in [5.41, 5.74) is 0.539. The van der Waals surface area contributed by atoms with Crippen molar-refractivity contribution < 1.29 is 4.79 Å². The van der Waals surface area contributed by atoms with E-state index in [2.05, 4.69) is 21.2 Å². The Morgan fingerprint density at radius 3 is 2.84 bits per heavy atom. The van der Waals surface area contributed by atoms with Crippen LogP contribution >= 0.6 is 27.5 Å². The van der Waals surface area contributed by atoms with Gasteiger partial charge in [0, 0.05) is 11.0 Å². The van der Waals surface area contributed by atoms with Crippen LogP contribution in [0.25, 0.3) is 0 Å². The van der Waals surface area contributed by atoms with Crippen molar-refractivity contribution in [2.75, 3.05) is 6.54 Å². The summed E-state index contributed by atoms with van der Waals surface area (Å²) in [7, 11) is 0. The van der Waals surface area contributed by atoms with Crippen LogP contribution in [-0.4, -0.2) is 12.5 Å². The zero-order valence-corrected chi connectivity index (χ0v) is 13.3. The van der Waals surface area contributed by atoms with Gasteiger partial charge in [-0.1, -0.05) is 43.4 Å². The van der Waals surface area contributed by atoms with Gasteiger partial charge < -0.3 is 5.32 Å². The molecular formula is C15H19BrClNO. The maximum atomic E-state index is 12.0. The van der Waals surface area contributed by atoms with Crippen LogP contribution in [0.15, 0.2) is 22.7 Å². The Balaban J connectivity index is 1.76. The first-order valence-corrected chi connectivity index (χ1v) is 8.08. The van der Waals surface area contributed by atoms with E-state index in [4.69, 9.17) is 11.6 Å². The van der Waals surface area contributed by atoms with E-state index in [0.29, 0.717) is 10.6 Å². The largest absolute Gasteiger partial charge is 0.352 e. The van der Waals surface area contributed by atoms with Crippen LogP contribution in [0.1, 0.15) is 48.9 Å². The fourth-order valence-corrected chi connectivity index (χ4v) is 3.24. The van der Waals surface area contributed by atoms with Gasteiger partial charge in [0.2, 0.25) is 0 Å². The fraction of sp³-hybridized carbons (Fsp3) is 0.533. The molecule has 1 aromatic carbocycles. The van der Waals surface area contributed by atoms with E-state index in [-0.39, 0.29) is 5.91 Å². The zero-order valence-electron chi connectivity index (χ0n) is 10.9. The van der Waals surface area contributed by atoms with Gasteiger partial charge in [-0.05, 0) is 46.8 Å². The highest BCUT2D eigenvalue weighted by molar-refractivity contribution is 9.10. The van der Waals surface area contributed by atoms with Crippen molar-refractivity contribution in [3.63, 3.8) is 0 Å². The lowest BCUT2D eigenvalue weighted by molar-refractivity contribution is 0.0952. The molecule has 1 amide bonds. The predicted molar refractivity (Wildman–Crippen MR) is 82.7 cm³/mol. The molecule has 1 aliphatic carbocycles. The van der Waals surface area contributed by atoms with Crippen LogP contribution in [0.5, 0.6) is 0 Å². The van der Waals surface area contributed by atoms with Gasteiger partial charge in [0.05, 0.1) is 10.6 Å². The smallest absolute Gasteiger partial charge is 0.252 e. The van der Waals surface area contributed by atoms with Crippen LogP contribution in [-0.2, 0) is 0 Å². The zero-order chi connectivity index (χ0) is 13.7. The van der Waals surface area contributed by atoms with E-state index in [0.717, 1.165) is 23.4 Å². The lowest BCUT2D eigenvalue weighted by atomic mass is 10.0. The molecule has 1 aromatic rings. The van der Waals surface area contributed by atoms with Crippen molar-refractivity contribution in [1.29, 1.82) is 0 Å². The van der Waals surface area contributed by atoms with Crippen molar-refractivity contribution in [3.8, 4) is 0 Å². The van der Waals surface area contributed by atoms with Crippen LogP contribution in [0.3, 0.4) is 0 Å². The highest BCUT2D eigenvalue weighted by atomic mass is 79.9. The molecule has 0 bridgehead atoms. The molecule has 0 atom stereocenters. The monoisotopic (exact) mass is 343 g/mol. The number of amides is 1. The maximum Gasteiger partial charge on any atom is 0.252 e. The highest BCUT2D eigenvalue weighted by Gasteiger charge is 2.15. The Bertz CT molecular complexity index is 444. The van der Waals surface area contributed by atoms with Gasteiger partial charge in [-0.15, -0.1) is 0 Å². The minimum atomic E-state index is -0.0854. The fourth-order valence-electron chi connectivity index (χ4n) is 2.67. The number of hydrogen-bond donors (Lipinski definition) is 1. The summed E-state index contributed by atoms with van der Waals surface area (Å²) in [6.45, 7) is 0.734. The van der Waals surface area contributed by atoms with E-state index >= 15 is 0 Å². The van der Waals surface area contributed by atoms with Crippen molar-refractivity contribution in [3.05, 3.63) is 33.3 Å². The summed E-state index contributed by atoms with van der Waals surface area (Å²) in [6.07, 6.45) is 7.78. The lowest BCUT2D eigenvalue weighted by Gasteiger charge is -2.10. The summed E-state index contributed by atoms with van der Waals surface area (Å²) < 4.78 is 0.757. The topological polar surface area (TPSA) is 29.1 Å². The molecule has 1 fully saturated rings. The Morgan fingerprint density at radius 2 is 2.11 bits per heavy atom. The second-order valence-electron chi connectivity index (χ2n) is 5.15. The van der Waals surface area contributed by atoms with E-state index in [1.54, 1.807) is 6.07 Å². The molecule has 0 heterocycles. The van der Waals surface area contributed by atoms with Gasteiger partial charge in [0.15, 0.2) is 0 Å². The average molecular weight is 345 g/mol. The van der Waals surface area contributed by atoms with Crippen molar-refractivity contribution in [1.82, 2.24) is 5.32 Å². The first kappa shape index (κ1) is 14.9. The first-order valence-electron chi connectivity index (χ1n) is 6.90. The second kappa shape index (κ2) is 7.30. The lowest BCUT2D eigenvalue weighted by Crippen LogP contribution is -2.25. The molecule has 0 saturated heterocycles. The molecule has 19 heavy (non-hydrogen) atoms. The molecule has 1 N–H and O–H groups in total. The van der Waals surface area contributed by atoms with Gasteiger partial charge in [0.25, 0.3) is 5.91 Å². The summed E-state index contributed by atoms with van der Waals surface area (Å²) in [6, 6.07) is 5.40. The van der Waals surface area contributed by atoms with E-state index in [9.17, 15) is 4.79 Å². The number of nitrogens with one attached hydrogen (secondary N) is 1. The third-order valence-electron chi connectivity index (χ3n) is 3.75. The summed E-state index contributed by atoms with van der Waals surface area (Å²) in [5, 5.41) is 3.43.